The molecule has 0 aliphatic carbocycles. The molecular formula is C34H41NO2S. The first kappa shape index (κ1) is 27.9. The number of nitrogens with zero attached hydrogens (tertiary/aromatic N) is 1. The third kappa shape index (κ3) is 7.05. The van der Waals surface area contributed by atoms with Gasteiger partial charge in [-0.1, -0.05) is 80.5 Å². The van der Waals surface area contributed by atoms with Gasteiger partial charge < -0.3 is 9.84 Å². The molecule has 3 nitrogen and oxygen atoms in total. The van der Waals surface area contributed by atoms with Gasteiger partial charge in [0.05, 0.1) is 12.3 Å². The molecule has 0 atom stereocenters. The summed E-state index contributed by atoms with van der Waals surface area (Å²) in [6, 6.07) is 18.8. The highest BCUT2D eigenvalue weighted by Gasteiger charge is 2.21. The van der Waals surface area contributed by atoms with Gasteiger partial charge in [0.1, 0.15) is 11.5 Å². The summed E-state index contributed by atoms with van der Waals surface area (Å²) in [6.45, 7) is 11.5. The molecule has 0 bridgehead atoms. The van der Waals surface area contributed by atoms with Gasteiger partial charge in [-0.15, -0.1) is 0 Å². The molecule has 0 fully saturated rings. The molecule has 4 heteroatoms. The SMILES string of the molecule is CCCCCCCCOc1ccc(C2=CC(c3ccc(C)cc3C)=CN(c3ccc(C)cc3C)S2)c(O)c1. The normalized spacial score (nSPS) is 13.3. The van der Waals surface area contributed by atoms with E-state index in [1.165, 1.54) is 59.9 Å². The Kier molecular flexibility index (Phi) is 9.63. The number of phenolic OH excluding ortho intramolecular Hbond substituents is 1. The number of aromatic hydroxyl groups is 1. The second kappa shape index (κ2) is 13.1. The van der Waals surface area contributed by atoms with Crippen molar-refractivity contribution in [1.29, 1.82) is 0 Å². The molecule has 0 spiro atoms. The molecule has 1 N–H and O–H groups in total. The molecule has 0 saturated heterocycles. The highest BCUT2D eigenvalue weighted by Crippen LogP contribution is 2.45. The number of unbranched alkanes of at least 4 members (excludes halogenated alkanes) is 5. The third-order valence-electron chi connectivity index (χ3n) is 7.02. The number of hydrogen-bond acceptors (Lipinski definition) is 4. The van der Waals surface area contributed by atoms with Gasteiger partial charge >= 0.3 is 0 Å². The molecule has 0 unspecified atom stereocenters. The van der Waals surface area contributed by atoms with Crippen LogP contribution < -0.4 is 9.04 Å². The van der Waals surface area contributed by atoms with Crippen molar-refractivity contribution in [2.45, 2.75) is 73.1 Å². The van der Waals surface area contributed by atoms with Crippen molar-refractivity contribution in [3.05, 3.63) is 100 Å². The maximum Gasteiger partial charge on any atom is 0.127 e. The average molecular weight is 528 g/mol. The van der Waals surface area contributed by atoms with E-state index in [0.717, 1.165) is 33.9 Å². The van der Waals surface area contributed by atoms with E-state index in [9.17, 15) is 5.11 Å². The molecule has 0 saturated carbocycles. The van der Waals surface area contributed by atoms with E-state index in [4.69, 9.17) is 4.74 Å². The predicted molar refractivity (Wildman–Crippen MR) is 165 cm³/mol. The average Bonchev–Trinajstić information content (AvgIpc) is 2.88. The standard InChI is InChI=1S/C34H41NO2S/c1-6-7-8-9-10-11-18-37-29-14-16-31(33(36)22-29)34-21-28(30-15-12-24(2)19-26(30)4)23-35(38-34)32-17-13-25(3)20-27(32)5/h12-17,19-23,36H,6-11,18H2,1-5H3. The Balaban J connectivity index is 1.58. The second-order valence-electron chi connectivity index (χ2n) is 10.4. The predicted octanol–water partition coefficient (Wildman–Crippen LogP) is 9.92. The van der Waals surface area contributed by atoms with Crippen LogP contribution in [0.3, 0.4) is 0 Å². The quantitative estimate of drug-likeness (QED) is 0.199. The first-order valence-corrected chi connectivity index (χ1v) is 14.6. The minimum atomic E-state index is 0.242. The summed E-state index contributed by atoms with van der Waals surface area (Å²) in [5.41, 5.74) is 9.23. The Morgan fingerprint density at radius 2 is 1.45 bits per heavy atom. The third-order valence-corrected chi connectivity index (χ3v) is 8.06. The largest absolute Gasteiger partial charge is 0.507 e. The molecule has 3 aromatic rings. The smallest absolute Gasteiger partial charge is 0.127 e. The first-order valence-electron chi connectivity index (χ1n) is 13.9. The van der Waals surface area contributed by atoms with Crippen molar-refractivity contribution in [2.75, 3.05) is 10.9 Å². The molecule has 38 heavy (non-hydrogen) atoms. The lowest BCUT2D eigenvalue weighted by molar-refractivity contribution is 0.302. The summed E-state index contributed by atoms with van der Waals surface area (Å²) in [5.74, 6) is 0.962. The van der Waals surface area contributed by atoms with Gasteiger partial charge in [-0.3, -0.25) is 4.31 Å². The lowest BCUT2D eigenvalue weighted by Crippen LogP contribution is -2.12. The minimum Gasteiger partial charge on any atom is -0.507 e. The second-order valence-corrected chi connectivity index (χ2v) is 11.4. The van der Waals surface area contributed by atoms with E-state index in [1.807, 2.05) is 12.1 Å². The number of phenols is 1. The zero-order chi connectivity index (χ0) is 27.1. The Labute approximate surface area is 233 Å². The van der Waals surface area contributed by atoms with Gasteiger partial charge in [0.15, 0.2) is 0 Å². The van der Waals surface area contributed by atoms with Crippen LogP contribution in [0, 0.1) is 27.7 Å². The number of aryl methyl sites for hydroxylation is 4. The molecule has 1 aliphatic rings. The van der Waals surface area contributed by atoms with Crippen LogP contribution >= 0.6 is 11.9 Å². The molecule has 1 aliphatic heterocycles. The number of rotatable bonds is 11. The maximum absolute atomic E-state index is 11.1. The van der Waals surface area contributed by atoms with Crippen LogP contribution in [0.4, 0.5) is 5.69 Å². The molecule has 200 valence electrons. The Morgan fingerprint density at radius 3 is 2.16 bits per heavy atom. The Bertz CT molecular complexity index is 1320. The van der Waals surface area contributed by atoms with Crippen molar-refractivity contribution in [3.63, 3.8) is 0 Å². The van der Waals surface area contributed by atoms with Crippen LogP contribution in [0.15, 0.2) is 66.9 Å². The van der Waals surface area contributed by atoms with E-state index in [1.54, 1.807) is 18.0 Å². The van der Waals surface area contributed by atoms with Gasteiger partial charge in [-0.25, -0.2) is 0 Å². The number of ether oxygens (including phenoxy) is 1. The summed E-state index contributed by atoms with van der Waals surface area (Å²) in [6.07, 6.45) is 11.8. The van der Waals surface area contributed by atoms with Gasteiger partial charge in [-0.2, -0.15) is 0 Å². The molecule has 0 aromatic heterocycles. The molecule has 0 amide bonds. The van der Waals surface area contributed by atoms with Gasteiger partial charge in [0, 0.05) is 28.3 Å². The van der Waals surface area contributed by atoms with Crippen LogP contribution in [0.25, 0.3) is 10.5 Å². The molecule has 4 rings (SSSR count). The van der Waals surface area contributed by atoms with Crippen LogP contribution in [-0.4, -0.2) is 11.7 Å². The first-order chi connectivity index (χ1) is 18.4. The summed E-state index contributed by atoms with van der Waals surface area (Å²) in [5, 5.41) is 11.1. The van der Waals surface area contributed by atoms with Crippen LogP contribution in [-0.2, 0) is 0 Å². The highest BCUT2D eigenvalue weighted by atomic mass is 32.2. The van der Waals surface area contributed by atoms with E-state index >= 15 is 0 Å². The van der Waals surface area contributed by atoms with Crippen LogP contribution in [0.1, 0.15) is 78.8 Å². The van der Waals surface area contributed by atoms with Crippen molar-refractivity contribution in [1.82, 2.24) is 0 Å². The summed E-state index contributed by atoms with van der Waals surface area (Å²) >= 11 is 1.63. The van der Waals surface area contributed by atoms with E-state index in [0.29, 0.717) is 6.61 Å². The Hall–Kier alpha value is -3.11. The summed E-state index contributed by atoms with van der Waals surface area (Å²) in [7, 11) is 0. The molecular weight excluding hydrogens is 486 g/mol. The van der Waals surface area contributed by atoms with E-state index < -0.39 is 0 Å². The summed E-state index contributed by atoms with van der Waals surface area (Å²) in [4.78, 5) is 1.00. The van der Waals surface area contributed by atoms with Crippen LogP contribution in [0.5, 0.6) is 11.5 Å². The topological polar surface area (TPSA) is 32.7 Å². The molecule has 0 radical (unpaired) electrons. The number of benzene rings is 3. The number of hydrogen-bond donors (Lipinski definition) is 1. The molecule has 3 aromatic carbocycles. The fourth-order valence-corrected chi connectivity index (χ4v) is 6.06. The van der Waals surface area contributed by atoms with Gasteiger partial charge in [0.2, 0.25) is 0 Å². The monoisotopic (exact) mass is 527 g/mol. The van der Waals surface area contributed by atoms with Crippen molar-refractivity contribution in [2.24, 2.45) is 0 Å². The zero-order valence-electron chi connectivity index (χ0n) is 23.5. The maximum atomic E-state index is 11.1. The van der Waals surface area contributed by atoms with Crippen LogP contribution in [0.2, 0.25) is 0 Å². The fraction of sp³-hybridized carbons (Fsp3) is 0.353. The highest BCUT2D eigenvalue weighted by molar-refractivity contribution is 8.09. The lowest BCUT2D eigenvalue weighted by atomic mass is 9.98. The van der Waals surface area contributed by atoms with Gasteiger partial charge in [0.25, 0.3) is 0 Å². The van der Waals surface area contributed by atoms with E-state index in [-0.39, 0.29) is 5.75 Å². The Morgan fingerprint density at radius 1 is 0.763 bits per heavy atom. The van der Waals surface area contributed by atoms with E-state index in [2.05, 4.69) is 87.6 Å². The summed E-state index contributed by atoms with van der Waals surface area (Å²) < 4.78 is 8.19. The minimum absolute atomic E-state index is 0.242. The van der Waals surface area contributed by atoms with Gasteiger partial charge in [-0.05, 0) is 87.0 Å². The van der Waals surface area contributed by atoms with Crippen molar-refractivity contribution < 1.29 is 9.84 Å². The fourth-order valence-electron chi connectivity index (χ4n) is 4.93. The van der Waals surface area contributed by atoms with Crippen molar-refractivity contribution in [3.8, 4) is 11.5 Å². The lowest BCUT2D eigenvalue weighted by Gasteiger charge is -2.28. The zero-order valence-corrected chi connectivity index (χ0v) is 24.3. The number of anilines is 1. The van der Waals surface area contributed by atoms with Crippen molar-refractivity contribution >= 4 is 28.1 Å². The molecule has 1 heterocycles. The number of allylic oxidation sites excluding steroid dienone is 2.